The summed E-state index contributed by atoms with van der Waals surface area (Å²) in [4.78, 5) is 17.5. The highest BCUT2D eigenvalue weighted by molar-refractivity contribution is 7.89. The summed E-state index contributed by atoms with van der Waals surface area (Å²) in [7, 11) is -1.76. The molecule has 3 rings (SSSR count). The summed E-state index contributed by atoms with van der Waals surface area (Å²) in [5.74, 6) is 0. The number of benzene rings is 1. The molecule has 6 nitrogen and oxygen atoms in total. The van der Waals surface area contributed by atoms with Gasteiger partial charge in [0.05, 0.1) is 4.90 Å². The number of sulfonamides is 1. The van der Waals surface area contributed by atoms with E-state index in [-0.39, 0.29) is 10.5 Å². The van der Waals surface area contributed by atoms with Crippen LogP contribution < -0.4 is 10.7 Å². The number of aromatic amines is 1. The Labute approximate surface area is 148 Å². The molecule has 0 bridgehead atoms. The second-order valence-corrected chi connectivity index (χ2v) is 8.44. The summed E-state index contributed by atoms with van der Waals surface area (Å²) in [5, 5.41) is 6.03. The van der Waals surface area contributed by atoms with E-state index in [0.717, 1.165) is 12.2 Å². The molecule has 25 heavy (non-hydrogen) atoms. The summed E-state index contributed by atoms with van der Waals surface area (Å²) >= 11 is 0. The standard InChI is InChI=1S/C18H25N3O3S/c1-21(14-6-3-2-4-7-14)11-10-13-12-16-15(18(22)20-13)8-5-9-17(16)25(19,23)24/h5,8-9,12,14H,2-4,6-7,10-11H2,1H3,(H,20,22)(H2,19,23,24). The Hall–Kier alpha value is -1.70. The van der Waals surface area contributed by atoms with Crippen molar-refractivity contribution in [3.05, 3.63) is 40.3 Å². The van der Waals surface area contributed by atoms with Gasteiger partial charge in [-0.25, -0.2) is 13.6 Å². The molecule has 1 fully saturated rings. The van der Waals surface area contributed by atoms with Crippen LogP contribution in [0.4, 0.5) is 0 Å². The summed E-state index contributed by atoms with van der Waals surface area (Å²) in [6.07, 6.45) is 6.98. The molecule has 0 aliphatic heterocycles. The van der Waals surface area contributed by atoms with E-state index in [0.29, 0.717) is 23.2 Å². The van der Waals surface area contributed by atoms with E-state index in [4.69, 9.17) is 5.14 Å². The third-order valence-electron chi connectivity index (χ3n) is 5.14. The maximum atomic E-state index is 12.3. The Morgan fingerprint density at radius 1 is 1.20 bits per heavy atom. The number of nitrogens with two attached hydrogens (primary N) is 1. The van der Waals surface area contributed by atoms with Gasteiger partial charge in [0.25, 0.3) is 5.56 Å². The lowest BCUT2D eigenvalue weighted by molar-refractivity contribution is 0.193. The molecular weight excluding hydrogens is 338 g/mol. The molecule has 2 aromatic rings. The zero-order valence-corrected chi connectivity index (χ0v) is 15.3. The van der Waals surface area contributed by atoms with Gasteiger partial charge in [0, 0.05) is 35.5 Å². The molecule has 0 unspecified atom stereocenters. The Bertz CT molecular complexity index is 915. The van der Waals surface area contributed by atoms with Gasteiger partial charge in [-0.1, -0.05) is 25.3 Å². The summed E-state index contributed by atoms with van der Waals surface area (Å²) in [6.45, 7) is 0.823. The molecule has 136 valence electrons. The maximum Gasteiger partial charge on any atom is 0.256 e. The van der Waals surface area contributed by atoms with E-state index in [1.807, 2.05) is 0 Å². The normalized spacial score (nSPS) is 16.6. The van der Waals surface area contributed by atoms with Crippen molar-refractivity contribution in [1.29, 1.82) is 0 Å². The lowest BCUT2D eigenvalue weighted by Gasteiger charge is -2.31. The number of rotatable bonds is 5. The van der Waals surface area contributed by atoms with Crippen LogP contribution >= 0.6 is 0 Å². The third-order valence-corrected chi connectivity index (χ3v) is 6.11. The van der Waals surface area contributed by atoms with Crippen LogP contribution in [0.5, 0.6) is 0 Å². The molecule has 1 aromatic heterocycles. The SMILES string of the molecule is CN(CCc1cc2c(S(N)(=O)=O)cccc2c(=O)[nH]1)C1CCCCC1. The van der Waals surface area contributed by atoms with Crippen molar-refractivity contribution in [2.45, 2.75) is 49.5 Å². The number of hydrogen-bond acceptors (Lipinski definition) is 4. The van der Waals surface area contributed by atoms with Crippen LogP contribution in [-0.2, 0) is 16.4 Å². The monoisotopic (exact) mass is 363 g/mol. The van der Waals surface area contributed by atoms with Crippen LogP contribution in [0.3, 0.4) is 0 Å². The summed E-state index contributed by atoms with van der Waals surface area (Å²) in [6, 6.07) is 6.93. The van der Waals surface area contributed by atoms with Crippen LogP contribution in [0.25, 0.3) is 10.8 Å². The van der Waals surface area contributed by atoms with Crippen LogP contribution in [0.2, 0.25) is 0 Å². The van der Waals surface area contributed by atoms with Gasteiger partial charge < -0.3 is 9.88 Å². The van der Waals surface area contributed by atoms with Crippen molar-refractivity contribution in [3.8, 4) is 0 Å². The van der Waals surface area contributed by atoms with Crippen LogP contribution in [-0.4, -0.2) is 37.9 Å². The Morgan fingerprint density at radius 2 is 1.92 bits per heavy atom. The Morgan fingerprint density at radius 3 is 2.60 bits per heavy atom. The summed E-state index contributed by atoms with van der Waals surface area (Å²) in [5.41, 5.74) is 0.453. The second-order valence-electron chi connectivity index (χ2n) is 6.91. The number of aromatic nitrogens is 1. The fourth-order valence-electron chi connectivity index (χ4n) is 3.70. The molecule has 1 saturated carbocycles. The molecule has 1 aromatic carbocycles. The molecular formula is C18H25N3O3S. The highest BCUT2D eigenvalue weighted by atomic mass is 32.2. The van der Waals surface area contributed by atoms with Crippen molar-refractivity contribution in [2.75, 3.05) is 13.6 Å². The number of nitrogens with one attached hydrogen (secondary N) is 1. The van der Waals surface area contributed by atoms with Crippen molar-refractivity contribution in [3.63, 3.8) is 0 Å². The number of H-pyrrole nitrogens is 1. The zero-order valence-electron chi connectivity index (χ0n) is 14.5. The first-order valence-corrected chi connectivity index (χ1v) is 10.3. The first-order chi connectivity index (χ1) is 11.9. The zero-order chi connectivity index (χ0) is 18.0. The van der Waals surface area contributed by atoms with Gasteiger partial charge in [0.2, 0.25) is 10.0 Å². The fourth-order valence-corrected chi connectivity index (χ4v) is 4.44. The Kier molecular flexibility index (Phi) is 5.27. The molecule has 7 heteroatoms. The molecule has 1 aliphatic carbocycles. The number of hydrogen-bond donors (Lipinski definition) is 2. The first kappa shape index (κ1) is 18.1. The van der Waals surface area contributed by atoms with E-state index >= 15 is 0 Å². The minimum atomic E-state index is -3.87. The number of primary sulfonamides is 1. The average Bonchev–Trinajstić information content (AvgIpc) is 2.59. The predicted octanol–water partition coefficient (Wildman–Crippen LogP) is 1.98. The van der Waals surface area contributed by atoms with Gasteiger partial charge in [-0.05, 0) is 38.1 Å². The fraction of sp³-hybridized carbons (Fsp3) is 0.500. The maximum absolute atomic E-state index is 12.3. The van der Waals surface area contributed by atoms with Crippen LogP contribution in [0.1, 0.15) is 37.8 Å². The van der Waals surface area contributed by atoms with Crippen LogP contribution in [0.15, 0.2) is 34.0 Å². The number of nitrogens with zero attached hydrogens (tertiary/aromatic N) is 1. The van der Waals surface area contributed by atoms with Gasteiger partial charge in [-0.15, -0.1) is 0 Å². The van der Waals surface area contributed by atoms with E-state index in [1.165, 1.54) is 44.2 Å². The van der Waals surface area contributed by atoms with Crippen molar-refractivity contribution in [1.82, 2.24) is 9.88 Å². The van der Waals surface area contributed by atoms with E-state index < -0.39 is 10.0 Å². The predicted molar refractivity (Wildman–Crippen MR) is 99.1 cm³/mol. The molecule has 1 aliphatic rings. The number of likely N-dealkylation sites (N-methyl/N-ethyl adjacent to an activating group) is 1. The lowest BCUT2D eigenvalue weighted by atomic mass is 9.94. The number of fused-ring (bicyclic) bond motifs is 1. The Balaban J connectivity index is 1.86. The van der Waals surface area contributed by atoms with E-state index in [2.05, 4.69) is 16.9 Å². The topological polar surface area (TPSA) is 96.3 Å². The second kappa shape index (κ2) is 7.27. The molecule has 3 N–H and O–H groups in total. The molecule has 1 heterocycles. The van der Waals surface area contributed by atoms with Gasteiger partial charge >= 0.3 is 0 Å². The van der Waals surface area contributed by atoms with Gasteiger partial charge in [-0.2, -0.15) is 0 Å². The number of pyridine rings is 1. The van der Waals surface area contributed by atoms with Gasteiger partial charge in [0.1, 0.15) is 0 Å². The lowest BCUT2D eigenvalue weighted by Crippen LogP contribution is -2.35. The van der Waals surface area contributed by atoms with Crippen molar-refractivity contribution in [2.24, 2.45) is 5.14 Å². The molecule has 0 radical (unpaired) electrons. The van der Waals surface area contributed by atoms with Gasteiger partial charge in [-0.3, -0.25) is 4.79 Å². The van der Waals surface area contributed by atoms with Crippen molar-refractivity contribution >= 4 is 20.8 Å². The molecule has 0 atom stereocenters. The first-order valence-electron chi connectivity index (χ1n) is 8.74. The van der Waals surface area contributed by atoms with Crippen molar-refractivity contribution < 1.29 is 8.42 Å². The third kappa shape index (κ3) is 4.11. The molecule has 0 saturated heterocycles. The minimum Gasteiger partial charge on any atom is -0.326 e. The van der Waals surface area contributed by atoms with Crippen LogP contribution in [0, 0.1) is 0 Å². The molecule has 0 spiro atoms. The van der Waals surface area contributed by atoms with E-state index in [1.54, 1.807) is 12.1 Å². The smallest absolute Gasteiger partial charge is 0.256 e. The largest absolute Gasteiger partial charge is 0.326 e. The van der Waals surface area contributed by atoms with Gasteiger partial charge in [0.15, 0.2) is 0 Å². The quantitative estimate of drug-likeness (QED) is 0.849. The summed E-state index contributed by atoms with van der Waals surface area (Å²) < 4.78 is 23.6. The van der Waals surface area contributed by atoms with E-state index in [9.17, 15) is 13.2 Å². The molecule has 0 amide bonds. The average molecular weight is 363 g/mol. The highest BCUT2D eigenvalue weighted by Gasteiger charge is 2.18. The highest BCUT2D eigenvalue weighted by Crippen LogP contribution is 2.23. The minimum absolute atomic E-state index is 0.00187.